The van der Waals surface area contributed by atoms with Crippen LogP contribution < -0.4 is 9.62 Å². The van der Waals surface area contributed by atoms with Gasteiger partial charge in [-0.15, -0.1) is 0 Å². The monoisotopic (exact) mass is 527 g/mol. The maximum atomic E-state index is 13.5. The van der Waals surface area contributed by atoms with Gasteiger partial charge in [0, 0.05) is 25.6 Å². The molecule has 1 saturated carbocycles. The molecule has 1 fully saturated rings. The quantitative estimate of drug-likeness (QED) is 0.417. The number of sulfonamides is 1. The molecule has 0 aromatic heterocycles. The van der Waals surface area contributed by atoms with Crippen LogP contribution in [0.15, 0.2) is 54.6 Å². The molecule has 1 unspecified atom stereocenters. The number of aryl methyl sites for hydroxylation is 1. The van der Waals surface area contributed by atoms with Crippen molar-refractivity contribution in [1.82, 2.24) is 10.2 Å². The Morgan fingerprint density at radius 1 is 1.03 bits per heavy atom. The molecule has 2 aromatic carbocycles. The van der Waals surface area contributed by atoms with Crippen molar-refractivity contribution < 1.29 is 18.0 Å². The Bertz CT molecular complexity index is 1130. The number of nitrogens with zero attached hydrogens (tertiary/aromatic N) is 2. The van der Waals surface area contributed by atoms with Crippen molar-refractivity contribution in [3.63, 3.8) is 0 Å². The zero-order valence-corrected chi connectivity index (χ0v) is 23.2. The lowest BCUT2D eigenvalue weighted by molar-refractivity contribution is -0.141. The van der Waals surface area contributed by atoms with Gasteiger partial charge in [-0.05, 0) is 62.3 Å². The normalized spacial score (nSPS) is 14.8. The van der Waals surface area contributed by atoms with Gasteiger partial charge in [0.15, 0.2) is 0 Å². The van der Waals surface area contributed by atoms with Crippen molar-refractivity contribution in [2.45, 2.75) is 77.3 Å². The molecule has 2 aromatic rings. The van der Waals surface area contributed by atoms with E-state index in [-0.39, 0.29) is 30.8 Å². The van der Waals surface area contributed by atoms with Crippen molar-refractivity contribution in [2.24, 2.45) is 0 Å². The second kappa shape index (κ2) is 13.6. The minimum Gasteiger partial charge on any atom is -0.352 e. The Hall–Kier alpha value is -2.87. The fourth-order valence-corrected chi connectivity index (χ4v) is 6.01. The molecule has 0 bridgehead atoms. The number of nitrogens with one attached hydrogen (secondary N) is 1. The summed E-state index contributed by atoms with van der Waals surface area (Å²) in [6, 6.07) is 16.9. The second-order valence-electron chi connectivity index (χ2n) is 10.0. The Kier molecular flexibility index (Phi) is 10.6. The zero-order chi connectivity index (χ0) is 26.8. The topological polar surface area (TPSA) is 86.8 Å². The van der Waals surface area contributed by atoms with Gasteiger partial charge in [0.25, 0.3) is 0 Å². The molecule has 1 aliphatic carbocycles. The predicted molar refractivity (Wildman–Crippen MR) is 149 cm³/mol. The lowest BCUT2D eigenvalue weighted by Crippen LogP contribution is -2.52. The van der Waals surface area contributed by atoms with Gasteiger partial charge in [0.1, 0.15) is 6.04 Å². The van der Waals surface area contributed by atoms with Gasteiger partial charge < -0.3 is 10.2 Å². The first-order valence-corrected chi connectivity index (χ1v) is 15.2. The molecule has 3 rings (SSSR count). The van der Waals surface area contributed by atoms with Crippen LogP contribution in [0.4, 0.5) is 5.69 Å². The van der Waals surface area contributed by atoms with E-state index >= 15 is 0 Å². The number of anilines is 1. The van der Waals surface area contributed by atoms with E-state index in [9.17, 15) is 18.0 Å². The summed E-state index contributed by atoms with van der Waals surface area (Å²) in [4.78, 5) is 28.4. The highest BCUT2D eigenvalue weighted by Gasteiger charge is 2.30. The molecule has 2 amide bonds. The molecule has 202 valence electrons. The predicted octanol–water partition coefficient (Wildman–Crippen LogP) is 4.45. The molecule has 0 spiro atoms. The van der Waals surface area contributed by atoms with E-state index in [1.165, 1.54) is 10.6 Å². The first-order valence-electron chi connectivity index (χ1n) is 13.4. The van der Waals surface area contributed by atoms with Crippen molar-refractivity contribution in [2.75, 3.05) is 23.7 Å². The Labute approximate surface area is 222 Å². The SMILES string of the molecule is CCC(C(=O)NC1CCCC1)N(CCc1ccccc1)C(=O)CCCN(c1cccc(C)c1)S(C)(=O)=O. The summed E-state index contributed by atoms with van der Waals surface area (Å²) >= 11 is 0. The van der Waals surface area contributed by atoms with E-state index in [1.807, 2.05) is 62.4 Å². The molecular formula is C29H41N3O4S. The number of carbonyl (C=O) groups is 2. The molecule has 0 heterocycles. The summed E-state index contributed by atoms with van der Waals surface area (Å²) in [5, 5.41) is 3.16. The van der Waals surface area contributed by atoms with Crippen molar-refractivity contribution in [3.05, 3.63) is 65.7 Å². The Balaban J connectivity index is 1.71. The second-order valence-corrected chi connectivity index (χ2v) is 11.9. The van der Waals surface area contributed by atoms with Crippen LogP contribution in [0.25, 0.3) is 0 Å². The fraction of sp³-hybridized carbons (Fsp3) is 0.517. The molecule has 1 atom stereocenters. The van der Waals surface area contributed by atoms with Crippen molar-refractivity contribution in [1.29, 1.82) is 0 Å². The fourth-order valence-electron chi connectivity index (χ4n) is 5.05. The molecule has 0 aliphatic heterocycles. The number of hydrogen-bond acceptors (Lipinski definition) is 4. The van der Waals surface area contributed by atoms with Gasteiger partial charge >= 0.3 is 0 Å². The lowest BCUT2D eigenvalue weighted by Gasteiger charge is -2.32. The first-order chi connectivity index (χ1) is 17.7. The molecule has 7 nitrogen and oxygen atoms in total. The van der Waals surface area contributed by atoms with Crippen molar-refractivity contribution >= 4 is 27.5 Å². The lowest BCUT2D eigenvalue weighted by atomic mass is 10.1. The van der Waals surface area contributed by atoms with Crippen LogP contribution in [0.1, 0.15) is 63.0 Å². The zero-order valence-electron chi connectivity index (χ0n) is 22.4. The minimum absolute atomic E-state index is 0.0895. The van der Waals surface area contributed by atoms with Gasteiger partial charge in [-0.3, -0.25) is 13.9 Å². The molecule has 0 saturated heterocycles. The van der Waals surface area contributed by atoms with Gasteiger partial charge in [0.2, 0.25) is 21.8 Å². The number of rotatable bonds is 13. The number of hydrogen-bond donors (Lipinski definition) is 1. The molecule has 0 radical (unpaired) electrons. The summed E-state index contributed by atoms with van der Waals surface area (Å²) in [7, 11) is -3.50. The number of carbonyl (C=O) groups excluding carboxylic acids is 2. The highest BCUT2D eigenvalue weighted by Crippen LogP contribution is 2.21. The summed E-state index contributed by atoms with van der Waals surface area (Å²) in [5.41, 5.74) is 2.67. The van der Waals surface area contributed by atoms with E-state index in [1.54, 1.807) is 11.0 Å². The summed E-state index contributed by atoms with van der Waals surface area (Å²) < 4.78 is 26.3. The summed E-state index contributed by atoms with van der Waals surface area (Å²) in [6.45, 7) is 4.49. The van der Waals surface area contributed by atoms with Gasteiger partial charge in [-0.25, -0.2) is 8.42 Å². The summed E-state index contributed by atoms with van der Waals surface area (Å²) in [5.74, 6) is -0.213. The summed E-state index contributed by atoms with van der Waals surface area (Å²) in [6.07, 6.45) is 7.11. The van der Waals surface area contributed by atoms with Crippen LogP contribution in [-0.2, 0) is 26.0 Å². The van der Waals surface area contributed by atoms with E-state index in [4.69, 9.17) is 0 Å². The average Bonchev–Trinajstić information content (AvgIpc) is 3.37. The smallest absolute Gasteiger partial charge is 0.243 e. The van der Waals surface area contributed by atoms with E-state index in [2.05, 4.69) is 5.32 Å². The molecule has 37 heavy (non-hydrogen) atoms. The van der Waals surface area contributed by atoms with Gasteiger partial charge in [-0.2, -0.15) is 0 Å². The van der Waals surface area contributed by atoms with E-state index in [0.29, 0.717) is 31.5 Å². The van der Waals surface area contributed by atoms with Crippen LogP contribution in [0.5, 0.6) is 0 Å². The van der Waals surface area contributed by atoms with E-state index in [0.717, 1.165) is 36.8 Å². The maximum absolute atomic E-state index is 13.5. The first kappa shape index (κ1) is 28.7. The van der Waals surface area contributed by atoms with Crippen LogP contribution in [0, 0.1) is 6.92 Å². The molecule has 1 aliphatic rings. The maximum Gasteiger partial charge on any atom is 0.243 e. The van der Waals surface area contributed by atoms with Gasteiger partial charge in [-0.1, -0.05) is 62.2 Å². The van der Waals surface area contributed by atoms with Crippen LogP contribution in [0.2, 0.25) is 0 Å². The highest BCUT2D eigenvalue weighted by atomic mass is 32.2. The largest absolute Gasteiger partial charge is 0.352 e. The third-order valence-corrected chi connectivity index (χ3v) is 8.21. The molecular weight excluding hydrogens is 486 g/mol. The molecule has 1 N–H and O–H groups in total. The highest BCUT2D eigenvalue weighted by molar-refractivity contribution is 7.92. The minimum atomic E-state index is -3.50. The third-order valence-electron chi connectivity index (χ3n) is 7.01. The standard InChI is InChI=1S/C29H41N3O4S/c1-4-27(29(34)30-25-15-8-9-16-25)31(21-19-24-13-6-5-7-14-24)28(33)18-11-20-32(37(3,35)36)26-17-10-12-23(2)22-26/h5-7,10,12-14,17,22,25,27H,4,8-9,11,15-16,18-21H2,1-3H3,(H,30,34). The van der Waals surface area contributed by atoms with Crippen molar-refractivity contribution in [3.8, 4) is 0 Å². The van der Waals surface area contributed by atoms with Crippen LogP contribution in [-0.4, -0.2) is 56.6 Å². The Morgan fingerprint density at radius 2 is 1.73 bits per heavy atom. The van der Waals surface area contributed by atoms with Gasteiger partial charge in [0.05, 0.1) is 11.9 Å². The molecule has 8 heteroatoms. The number of benzene rings is 2. The number of amides is 2. The van der Waals surface area contributed by atoms with Crippen LogP contribution >= 0.6 is 0 Å². The average molecular weight is 528 g/mol. The third kappa shape index (κ3) is 8.59. The van der Waals surface area contributed by atoms with Crippen LogP contribution in [0.3, 0.4) is 0 Å². The Morgan fingerprint density at radius 3 is 2.35 bits per heavy atom. The van der Waals surface area contributed by atoms with E-state index < -0.39 is 16.1 Å².